The number of aryl methyl sites for hydroxylation is 2. The first-order valence-electron chi connectivity index (χ1n) is 22.6. The molecule has 1 fully saturated rings. The van der Waals surface area contributed by atoms with Crippen molar-refractivity contribution in [2.45, 2.75) is 135 Å². The van der Waals surface area contributed by atoms with Crippen molar-refractivity contribution in [3.8, 4) is 5.75 Å². The first kappa shape index (κ1) is 52.9. The Bertz CT molecular complexity index is 1910. The maximum Gasteiger partial charge on any atom is 0.326 e. The van der Waals surface area contributed by atoms with Gasteiger partial charge < -0.3 is 58.5 Å². The number of aromatic hydroxyl groups is 1. The summed E-state index contributed by atoms with van der Waals surface area (Å²) >= 11 is 0. The van der Waals surface area contributed by atoms with E-state index in [1.807, 2.05) is 51.1 Å². The summed E-state index contributed by atoms with van der Waals surface area (Å²) in [6.07, 6.45) is 2.90. The van der Waals surface area contributed by atoms with Crippen LogP contribution in [0.4, 0.5) is 4.79 Å². The smallest absolute Gasteiger partial charge is 0.326 e. The average Bonchev–Trinajstić information content (AvgIpc) is 3.28. The number of carboxylic acids is 1. The summed E-state index contributed by atoms with van der Waals surface area (Å²) in [5.41, 5.74) is 12.4. The molecule has 19 heteroatoms. The average molecular weight is 907 g/mol. The number of aliphatic carboxylic acids is 1. The molecule has 0 saturated carbocycles. The van der Waals surface area contributed by atoms with Crippen LogP contribution in [-0.2, 0) is 41.6 Å². The number of benzene rings is 2. The van der Waals surface area contributed by atoms with Crippen molar-refractivity contribution in [1.29, 1.82) is 0 Å². The molecule has 1 aliphatic rings. The van der Waals surface area contributed by atoms with Gasteiger partial charge >= 0.3 is 12.0 Å². The highest BCUT2D eigenvalue weighted by atomic mass is 16.4. The van der Waals surface area contributed by atoms with E-state index in [4.69, 9.17) is 11.5 Å². The number of carbonyl (C=O) groups is 7. The van der Waals surface area contributed by atoms with Crippen LogP contribution in [-0.4, -0.2) is 119 Å². The summed E-state index contributed by atoms with van der Waals surface area (Å²) in [6, 6.07) is 7.96. The fourth-order valence-corrected chi connectivity index (χ4v) is 7.43. The van der Waals surface area contributed by atoms with Gasteiger partial charge in [0, 0.05) is 20.1 Å². The maximum absolute atomic E-state index is 14.7. The van der Waals surface area contributed by atoms with E-state index in [1.54, 1.807) is 19.1 Å². The Morgan fingerprint density at radius 1 is 0.815 bits per heavy atom. The van der Waals surface area contributed by atoms with Crippen molar-refractivity contribution in [2.24, 2.45) is 28.3 Å². The lowest BCUT2D eigenvalue weighted by Crippen LogP contribution is -2.61. The number of carbonyl (C=O) groups excluding carboxylic acids is 6. The Labute approximate surface area is 381 Å². The van der Waals surface area contributed by atoms with Crippen molar-refractivity contribution < 1.29 is 43.8 Å². The largest absolute Gasteiger partial charge is 0.508 e. The van der Waals surface area contributed by atoms with Gasteiger partial charge in [0.25, 0.3) is 0 Å². The first-order valence-corrected chi connectivity index (χ1v) is 22.6. The molecule has 0 spiro atoms. The zero-order valence-electron chi connectivity index (χ0n) is 38.3. The quantitative estimate of drug-likeness (QED) is 0.0620. The van der Waals surface area contributed by atoms with Gasteiger partial charge in [0.1, 0.15) is 42.0 Å². The molecule has 7 amide bonds. The van der Waals surface area contributed by atoms with Crippen molar-refractivity contribution in [2.75, 3.05) is 20.1 Å². The molecule has 0 aliphatic carbocycles. The molecular formula is C46H70N10O9. The van der Waals surface area contributed by atoms with Crippen LogP contribution in [0, 0.1) is 11.8 Å². The lowest BCUT2D eigenvalue weighted by molar-refractivity contribution is -0.143. The summed E-state index contributed by atoms with van der Waals surface area (Å²) in [5, 5.41) is 36.2. The molecule has 2 aromatic rings. The Hall–Kier alpha value is -6.40. The highest BCUT2D eigenvalue weighted by Gasteiger charge is 2.37. The fraction of sp³-hybridized carbons (Fsp3) is 0.565. The number of hydrogen-bond donors (Lipinski definition) is 10. The molecule has 2 aromatic carbocycles. The van der Waals surface area contributed by atoms with Gasteiger partial charge in [-0.2, -0.15) is 0 Å². The number of hydrogen-bond acceptors (Lipinski definition) is 9. The normalized spacial score (nSPS) is 22.0. The van der Waals surface area contributed by atoms with E-state index in [0.29, 0.717) is 38.5 Å². The zero-order valence-corrected chi connectivity index (χ0v) is 38.3. The molecule has 1 heterocycles. The molecule has 1 saturated heterocycles. The molecule has 0 aromatic heterocycles. The molecule has 8 atom stereocenters. The third kappa shape index (κ3) is 17.6. The molecule has 65 heavy (non-hydrogen) atoms. The Balaban J connectivity index is 2.04. The Morgan fingerprint density at radius 3 is 2.03 bits per heavy atom. The highest BCUT2D eigenvalue weighted by molar-refractivity contribution is 5.96. The third-order valence-electron chi connectivity index (χ3n) is 11.9. The summed E-state index contributed by atoms with van der Waals surface area (Å²) in [4.78, 5) is 102. The third-order valence-corrected chi connectivity index (χ3v) is 11.9. The first-order chi connectivity index (χ1) is 30.9. The number of phenols is 1. The van der Waals surface area contributed by atoms with Crippen molar-refractivity contribution in [1.82, 2.24) is 36.8 Å². The van der Waals surface area contributed by atoms with E-state index in [2.05, 4.69) is 36.9 Å². The number of aliphatic imine (C=N–C) groups is 1. The molecule has 2 unspecified atom stereocenters. The summed E-state index contributed by atoms with van der Waals surface area (Å²) in [7, 11) is 1.49. The van der Waals surface area contributed by atoms with Gasteiger partial charge in [0.05, 0.1) is 0 Å². The van der Waals surface area contributed by atoms with Crippen LogP contribution in [0.15, 0.2) is 59.6 Å². The lowest BCUT2D eigenvalue weighted by Gasteiger charge is -2.34. The van der Waals surface area contributed by atoms with Gasteiger partial charge in [-0.1, -0.05) is 83.0 Å². The predicted molar refractivity (Wildman–Crippen MR) is 246 cm³/mol. The van der Waals surface area contributed by atoms with Crippen LogP contribution in [0.1, 0.15) is 96.6 Å². The summed E-state index contributed by atoms with van der Waals surface area (Å²) < 4.78 is 0. The number of guanidine groups is 1. The molecular weight excluding hydrogens is 837 g/mol. The van der Waals surface area contributed by atoms with Crippen LogP contribution < -0.4 is 43.4 Å². The van der Waals surface area contributed by atoms with E-state index in [-0.39, 0.29) is 62.8 Å². The number of likely N-dealkylation sites (N-methyl/N-ethyl adjacent to an activating group) is 1. The lowest BCUT2D eigenvalue weighted by atomic mass is 9.95. The predicted octanol–water partition coefficient (Wildman–Crippen LogP) is 1.81. The van der Waals surface area contributed by atoms with Crippen molar-refractivity contribution in [3.05, 3.63) is 65.7 Å². The van der Waals surface area contributed by atoms with E-state index in [0.717, 1.165) is 11.1 Å². The minimum Gasteiger partial charge on any atom is -0.508 e. The number of rotatable bonds is 17. The number of urea groups is 1. The van der Waals surface area contributed by atoms with Gasteiger partial charge in [-0.3, -0.25) is 29.0 Å². The number of amides is 7. The number of nitrogens with two attached hydrogens (primary N) is 2. The topological polar surface area (TPSA) is 300 Å². The molecule has 0 bridgehead atoms. The molecule has 19 nitrogen and oxygen atoms in total. The summed E-state index contributed by atoms with van der Waals surface area (Å²) in [6.45, 7) is 7.62. The van der Waals surface area contributed by atoms with Crippen LogP contribution in [0.25, 0.3) is 0 Å². The van der Waals surface area contributed by atoms with Gasteiger partial charge in [-0.15, -0.1) is 0 Å². The molecule has 12 N–H and O–H groups in total. The summed E-state index contributed by atoms with van der Waals surface area (Å²) in [5.74, 6) is -5.08. The molecule has 1 aliphatic heterocycles. The molecule has 3 rings (SSSR count). The van der Waals surface area contributed by atoms with Gasteiger partial charge in [-0.25, -0.2) is 9.59 Å². The molecule has 0 radical (unpaired) electrons. The van der Waals surface area contributed by atoms with E-state index in [1.165, 1.54) is 24.1 Å². The van der Waals surface area contributed by atoms with Gasteiger partial charge in [0.15, 0.2) is 5.96 Å². The van der Waals surface area contributed by atoms with Crippen LogP contribution in [0.3, 0.4) is 0 Å². The van der Waals surface area contributed by atoms with E-state index in [9.17, 15) is 43.8 Å². The zero-order chi connectivity index (χ0) is 48.1. The Kier molecular flexibility index (Phi) is 22.0. The second-order valence-corrected chi connectivity index (χ2v) is 16.8. The van der Waals surface area contributed by atoms with Crippen molar-refractivity contribution >= 4 is 47.5 Å². The minimum absolute atomic E-state index is 0.0110. The van der Waals surface area contributed by atoms with Gasteiger partial charge in [0.2, 0.25) is 29.5 Å². The van der Waals surface area contributed by atoms with Crippen molar-refractivity contribution in [3.63, 3.8) is 0 Å². The minimum atomic E-state index is -1.33. The van der Waals surface area contributed by atoms with Crippen LogP contribution >= 0.6 is 0 Å². The van der Waals surface area contributed by atoms with Crippen LogP contribution in [0.5, 0.6) is 5.75 Å². The number of carboxylic acid groups (broad SMARTS) is 1. The Morgan fingerprint density at radius 2 is 1.42 bits per heavy atom. The monoisotopic (exact) mass is 907 g/mol. The second-order valence-electron chi connectivity index (χ2n) is 16.8. The number of nitrogens with one attached hydrogen (secondary N) is 6. The standard InChI is InChI=1S/C46H70N10O9/c1-6-28(3)37-41(60)49-26-12-11-16-33(52-46(65)53-35(44(63)64)17-13-27-50-45(47)48)39(58)54-38(29(4)7-2)42(61)51-34(24-20-30-14-9-8-10-15-30)43(62)56(5)36(40(59)55-37)25-21-31-18-22-32(57)23-19-31/h8-10,14-15,18-19,22-23,28-29,33-38,57H,6-7,11-13,16-17,20-21,24-27H2,1-5H3,(H,49,60)(H,51,61)(H,54,58)(H,55,59)(H,63,64)(H4,47,48,50)(H2,52,53,65)/t28-,29-,33?,34-,35-,36-,37?,38-/m0/s1. The maximum atomic E-state index is 14.7. The highest BCUT2D eigenvalue weighted by Crippen LogP contribution is 2.19. The second kappa shape index (κ2) is 27.0. The van der Waals surface area contributed by atoms with E-state index >= 15 is 0 Å². The number of nitrogens with zero attached hydrogens (tertiary/aromatic N) is 2. The molecule has 358 valence electrons. The number of phenolic OH excluding ortho intramolecular Hbond substituents is 1. The van der Waals surface area contributed by atoms with Crippen LogP contribution in [0.2, 0.25) is 0 Å². The SMILES string of the molecule is CC[C@H](C)C1NC(=O)[C@H](CCc2ccc(O)cc2)N(C)C(=O)[C@H](CCc2ccccc2)NC(=O)[C@H]([C@@H](C)CC)NC(=O)C(NC(=O)N[C@@H](CCCN=C(N)N)C(=O)O)CCCCNC1=O. The van der Waals surface area contributed by atoms with E-state index < -0.39 is 83.7 Å². The van der Waals surface area contributed by atoms with Gasteiger partial charge in [-0.05, 0) is 92.9 Å². The fourth-order valence-electron chi connectivity index (χ4n) is 7.43.